The first-order valence-corrected chi connectivity index (χ1v) is 9.91. The summed E-state index contributed by atoms with van der Waals surface area (Å²) in [6.07, 6.45) is 2.52. The number of phosphoric acid groups is 1. The fourth-order valence-corrected chi connectivity index (χ4v) is 1.76. The van der Waals surface area contributed by atoms with Crippen LogP contribution in [0.5, 0.6) is 0 Å². The van der Waals surface area contributed by atoms with E-state index in [1.165, 1.54) is 6.92 Å². The van der Waals surface area contributed by atoms with Crippen molar-refractivity contribution < 1.29 is 23.3 Å². The molecule has 0 aliphatic rings. The maximum atomic E-state index is 11.3. The lowest BCUT2D eigenvalue weighted by atomic mass is 10.2. The molecule has 1 atom stereocenters. The van der Waals surface area contributed by atoms with E-state index in [0.717, 1.165) is 0 Å². The summed E-state index contributed by atoms with van der Waals surface area (Å²) in [4.78, 5) is 21.9. The molecule has 0 rings (SSSR count). The maximum absolute atomic E-state index is 11.3. The van der Waals surface area contributed by atoms with Gasteiger partial charge < -0.3 is 19.3 Å². The molecule has 0 bridgehead atoms. The second-order valence-corrected chi connectivity index (χ2v) is 6.05. The molecule has 1 N–H and O–H groups in total. The Hall–Kier alpha value is -4.36. The maximum Gasteiger partial charge on any atom is 0.328 e. The Labute approximate surface area is 182 Å². The topological polar surface area (TPSA) is 87.7 Å². The normalized spacial score (nSPS) is 8.87. The van der Waals surface area contributed by atoms with Gasteiger partial charge in [0.25, 0.3) is 0 Å². The third-order valence-corrected chi connectivity index (χ3v) is 3.24. The summed E-state index contributed by atoms with van der Waals surface area (Å²) in [5.41, 5.74) is 11.1. The minimum Gasteiger partial charge on any atom is -0.746 e. The van der Waals surface area contributed by atoms with E-state index >= 15 is 0 Å². The van der Waals surface area contributed by atoms with Gasteiger partial charge in [-0.3, -0.25) is 9.36 Å². The van der Waals surface area contributed by atoms with Gasteiger partial charge in [-0.2, -0.15) is 0 Å². The van der Waals surface area contributed by atoms with E-state index < -0.39 is 7.82 Å². The van der Waals surface area contributed by atoms with Gasteiger partial charge in [-0.05, 0) is 65.7 Å². The van der Waals surface area contributed by atoms with Crippen molar-refractivity contribution >= 4 is 13.7 Å². The number of rotatable bonds is 6. The predicted molar refractivity (Wildman–Crippen MR) is 113 cm³/mol. The van der Waals surface area contributed by atoms with E-state index in [9.17, 15) is 14.3 Å². The summed E-state index contributed by atoms with van der Waals surface area (Å²) in [5.74, 6) is 26.6. The third kappa shape index (κ3) is 18.8. The van der Waals surface area contributed by atoms with Gasteiger partial charge in [0.2, 0.25) is 5.91 Å². The lowest BCUT2D eigenvalue weighted by Crippen LogP contribution is -2.24. The Morgan fingerprint density at radius 3 is 2.13 bits per heavy atom. The van der Waals surface area contributed by atoms with Crippen molar-refractivity contribution in [3.63, 3.8) is 0 Å². The Kier molecular flexibility index (Phi) is 15.2. The molecule has 0 aromatic rings. The van der Waals surface area contributed by atoms with Crippen LogP contribution in [0.4, 0.5) is 0 Å². The number of carbonyl (C=O) groups is 1. The van der Waals surface area contributed by atoms with Crippen molar-refractivity contribution in [1.82, 2.24) is 5.32 Å². The van der Waals surface area contributed by atoms with Crippen LogP contribution in [-0.2, 0) is 18.4 Å². The lowest BCUT2D eigenvalue weighted by Gasteiger charge is -2.18. The molecule has 0 aliphatic heterocycles. The quantitative estimate of drug-likeness (QED) is 0.297. The first-order chi connectivity index (χ1) is 14.9. The van der Waals surface area contributed by atoms with Crippen LogP contribution in [0.25, 0.3) is 0 Å². The molecule has 0 fully saturated rings. The van der Waals surface area contributed by atoms with E-state index in [2.05, 4.69) is 109 Å². The van der Waals surface area contributed by atoms with Crippen molar-refractivity contribution in [3.05, 3.63) is 35.1 Å². The molecule has 0 spiro atoms. The molecule has 7 heteroatoms. The smallest absolute Gasteiger partial charge is 0.328 e. The zero-order valence-electron chi connectivity index (χ0n) is 16.8. The standard InChI is InChI=1S/C24H16NO5P/c1-4-6-15-18-24(5-2)19-16-13-11-9-7-8-10-12-14-17-21-29-31(27,28)30-22-20-25-23(3)26/h1,5,20,22H2,2-3H3,(H,25,26)(H,27,28)/p-1. The highest BCUT2D eigenvalue weighted by molar-refractivity contribution is 7.46. The SMILES string of the molecule is C=C=C=C=C=C(C#CC#CC#CC#CC#CC#COP(=O)([O-])OCCNC(C)=O)CC. The summed E-state index contributed by atoms with van der Waals surface area (Å²) >= 11 is 0. The van der Waals surface area contributed by atoms with Crippen LogP contribution in [-0.4, -0.2) is 19.1 Å². The molecule has 0 aliphatic carbocycles. The number of carbonyl (C=O) groups excluding carboxylic acids is 1. The number of hydrogen-bond acceptors (Lipinski definition) is 5. The Morgan fingerprint density at radius 1 is 1.00 bits per heavy atom. The molecule has 31 heavy (non-hydrogen) atoms. The van der Waals surface area contributed by atoms with Crippen LogP contribution in [0, 0.1) is 71.2 Å². The van der Waals surface area contributed by atoms with E-state index in [-0.39, 0.29) is 19.1 Å². The Balaban J connectivity index is 4.58. The third-order valence-electron chi connectivity index (χ3n) is 2.43. The number of amides is 1. The summed E-state index contributed by atoms with van der Waals surface area (Å²) < 4.78 is 20.0. The van der Waals surface area contributed by atoms with E-state index in [0.29, 0.717) is 12.0 Å². The highest BCUT2D eigenvalue weighted by Gasteiger charge is 2.07. The molecule has 0 heterocycles. The fraction of sp³-hybridized carbons (Fsp3) is 0.208. The molecule has 0 radical (unpaired) electrons. The Bertz CT molecular complexity index is 1260. The van der Waals surface area contributed by atoms with Crippen molar-refractivity contribution in [1.29, 1.82) is 0 Å². The molecule has 0 saturated heterocycles. The second-order valence-electron chi connectivity index (χ2n) is 4.72. The van der Waals surface area contributed by atoms with E-state index in [4.69, 9.17) is 0 Å². The predicted octanol–water partition coefficient (Wildman–Crippen LogP) is 1.19. The molecule has 1 unspecified atom stereocenters. The molecule has 0 aromatic carbocycles. The monoisotopic (exact) mass is 428 g/mol. The summed E-state index contributed by atoms with van der Waals surface area (Å²) in [7, 11) is -4.59. The van der Waals surface area contributed by atoms with Crippen LogP contribution in [0.3, 0.4) is 0 Å². The summed E-state index contributed by atoms with van der Waals surface area (Å²) in [5, 5.41) is 2.36. The average molecular weight is 428 g/mol. The molecular formula is C24H15NO5P-. The second kappa shape index (κ2) is 17.7. The number of phosphoric ester groups is 1. The first-order valence-electron chi connectivity index (χ1n) is 8.44. The van der Waals surface area contributed by atoms with Crippen molar-refractivity contribution in [3.8, 4) is 71.2 Å². The fourth-order valence-electron chi connectivity index (χ4n) is 1.23. The van der Waals surface area contributed by atoms with Crippen molar-refractivity contribution in [2.45, 2.75) is 20.3 Å². The van der Waals surface area contributed by atoms with Crippen molar-refractivity contribution in [2.75, 3.05) is 13.2 Å². The van der Waals surface area contributed by atoms with E-state index in [1.54, 1.807) is 0 Å². The first kappa shape index (κ1) is 26.6. The van der Waals surface area contributed by atoms with Gasteiger partial charge in [-0.1, -0.05) is 12.7 Å². The number of nitrogens with one attached hydrogen (secondary N) is 1. The highest BCUT2D eigenvalue weighted by atomic mass is 31.2. The van der Waals surface area contributed by atoms with Gasteiger partial charge in [0.05, 0.1) is 12.2 Å². The van der Waals surface area contributed by atoms with Crippen LogP contribution < -0.4 is 10.2 Å². The minimum absolute atomic E-state index is 0.0193. The number of allylic oxidation sites excluding steroid dienone is 1. The molecule has 152 valence electrons. The lowest BCUT2D eigenvalue weighted by molar-refractivity contribution is -0.219. The van der Waals surface area contributed by atoms with E-state index in [1.807, 2.05) is 13.0 Å². The largest absolute Gasteiger partial charge is 0.746 e. The Morgan fingerprint density at radius 2 is 1.58 bits per heavy atom. The summed E-state index contributed by atoms with van der Waals surface area (Å²) in [6.45, 7) is 6.31. The zero-order chi connectivity index (χ0) is 23.2. The molecular weight excluding hydrogens is 413 g/mol. The summed E-state index contributed by atoms with van der Waals surface area (Å²) in [6, 6.07) is 0. The van der Waals surface area contributed by atoms with Gasteiger partial charge in [0.15, 0.2) is 0 Å². The van der Waals surface area contributed by atoms with Crippen LogP contribution in [0.1, 0.15) is 20.3 Å². The molecule has 1 amide bonds. The number of hydrogen-bond donors (Lipinski definition) is 1. The minimum atomic E-state index is -4.59. The van der Waals surface area contributed by atoms with Crippen LogP contribution >= 0.6 is 7.82 Å². The van der Waals surface area contributed by atoms with Gasteiger partial charge >= 0.3 is 7.82 Å². The van der Waals surface area contributed by atoms with Gasteiger partial charge in [0.1, 0.15) is 6.11 Å². The molecule has 0 saturated carbocycles. The van der Waals surface area contributed by atoms with Crippen LogP contribution in [0.15, 0.2) is 35.1 Å². The van der Waals surface area contributed by atoms with Crippen LogP contribution in [0.2, 0.25) is 0 Å². The molecule has 6 nitrogen and oxygen atoms in total. The van der Waals surface area contributed by atoms with Gasteiger partial charge in [-0.25, -0.2) is 0 Å². The zero-order valence-corrected chi connectivity index (χ0v) is 17.7. The average Bonchev–Trinajstić information content (AvgIpc) is 2.73. The molecule has 0 aromatic heterocycles. The van der Waals surface area contributed by atoms with Gasteiger partial charge in [-0.15, -0.1) is 0 Å². The highest BCUT2D eigenvalue weighted by Crippen LogP contribution is 2.37. The van der Waals surface area contributed by atoms with Crippen molar-refractivity contribution in [2.24, 2.45) is 0 Å². The van der Waals surface area contributed by atoms with Gasteiger partial charge in [0, 0.05) is 43.1 Å².